The van der Waals surface area contributed by atoms with Crippen molar-refractivity contribution in [2.75, 3.05) is 6.54 Å². The highest BCUT2D eigenvalue weighted by Crippen LogP contribution is 2.26. The lowest BCUT2D eigenvalue weighted by atomic mass is 9.84. The lowest BCUT2D eigenvalue weighted by Gasteiger charge is -2.30. The molecular formula is C15H24N2OS. The van der Waals surface area contributed by atoms with Gasteiger partial charge in [0.05, 0.1) is 4.88 Å². The quantitative estimate of drug-likeness (QED) is 0.871. The van der Waals surface area contributed by atoms with Gasteiger partial charge >= 0.3 is 0 Å². The van der Waals surface area contributed by atoms with E-state index in [2.05, 4.69) is 12.2 Å². The van der Waals surface area contributed by atoms with E-state index < -0.39 is 0 Å². The molecule has 19 heavy (non-hydrogen) atoms. The predicted molar refractivity (Wildman–Crippen MR) is 80.6 cm³/mol. The predicted octanol–water partition coefficient (Wildman–Crippen LogP) is 2.95. The highest BCUT2D eigenvalue weighted by Gasteiger charge is 2.25. The van der Waals surface area contributed by atoms with Gasteiger partial charge in [0.15, 0.2) is 0 Å². The minimum atomic E-state index is 0.0628. The molecule has 1 aromatic heterocycles. The van der Waals surface area contributed by atoms with E-state index in [0.717, 1.165) is 16.9 Å². The molecule has 0 aromatic carbocycles. The summed E-state index contributed by atoms with van der Waals surface area (Å²) < 4.78 is 0. The van der Waals surface area contributed by atoms with Crippen molar-refractivity contribution in [3.8, 4) is 0 Å². The molecule has 1 aliphatic rings. The van der Waals surface area contributed by atoms with Crippen LogP contribution in [0.4, 0.5) is 0 Å². The van der Waals surface area contributed by atoms with E-state index in [1.807, 2.05) is 11.4 Å². The molecule has 0 bridgehead atoms. The molecule has 1 atom stereocenters. The van der Waals surface area contributed by atoms with Gasteiger partial charge < -0.3 is 11.1 Å². The Bertz CT molecular complexity index is 410. The molecule has 1 saturated carbocycles. The third kappa shape index (κ3) is 3.57. The van der Waals surface area contributed by atoms with Gasteiger partial charge in [-0.3, -0.25) is 4.79 Å². The van der Waals surface area contributed by atoms with Crippen molar-refractivity contribution < 1.29 is 4.79 Å². The third-order valence-electron chi connectivity index (χ3n) is 4.12. The van der Waals surface area contributed by atoms with Crippen molar-refractivity contribution in [1.82, 2.24) is 5.32 Å². The number of hydrogen-bond donors (Lipinski definition) is 2. The van der Waals surface area contributed by atoms with Gasteiger partial charge in [-0.15, -0.1) is 11.3 Å². The van der Waals surface area contributed by atoms with E-state index in [-0.39, 0.29) is 11.9 Å². The maximum Gasteiger partial charge on any atom is 0.261 e. The van der Waals surface area contributed by atoms with Gasteiger partial charge in [0.2, 0.25) is 0 Å². The molecule has 1 unspecified atom stereocenters. The second-order valence-electron chi connectivity index (χ2n) is 5.34. The first-order chi connectivity index (χ1) is 9.26. The lowest BCUT2D eigenvalue weighted by Crippen LogP contribution is -2.45. The standard InChI is InChI=1S/C15H24N2OS/c1-2-11-8-9-19-14(11)15(18)17-13(10-16)12-6-4-3-5-7-12/h8-9,12-13H,2-7,10,16H2,1H3,(H,17,18). The van der Waals surface area contributed by atoms with Crippen LogP contribution >= 0.6 is 11.3 Å². The van der Waals surface area contributed by atoms with E-state index in [9.17, 15) is 4.79 Å². The minimum Gasteiger partial charge on any atom is -0.347 e. The van der Waals surface area contributed by atoms with Crippen LogP contribution in [0.25, 0.3) is 0 Å². The van der Waals surface area contributed by atoms with E-state index in [1.165, 1.54) is 43.4 Å². The van der Waals surface area contributed by atoms with Crippen LogP contribution in [0.2, 0.25) is 0 Å². The molecule has 1 fully saturated rings. The molecule has 0 saturated heterocycles. The summed E-state index contributed by atoms with van der Waals surface area (Å²) in [4.78, 5) is 13.2. The molecule has 1 aromatic rings. The van der Waals surface area contributed by atoms with Gasteiger partial charge in [0.25, 0.3) is 5.91 Å². The highest BCUT2D eigenvalue weighted by molar-refractivity contribution is 7.12. The SMILES string of the molecule is CCc1ccsc1C(=O)NC(CN)C1CCCCC1. The average molecular weight is 280 g/mol. The van der Waals surface area contributed by atoms with E-state index in [4.69, 9.17) is 5.73 Å². The zero-order valence-corrected chi connectivity index (χ0v) is 12.5. The topological polar surface area (TPSA) is 55.1 Å². The van der Waals surface area contributed by atoms with E-state index >= 15 is 0 Å². The van der Waals surface area contributed by atoms with Crippen molar-refractivity contribution in [3.63, 3.8) is 0 Å². The number of carbonyl (C=O) groups excluding carboxylic acids is 1. The Morgan fingerprint density at radius 3 is 2.84 bits per heavy atom. The van der Waals surface area contributed by atoms with Crippen molar-refractivity contribution in [2.45, 2.75) is 51.5 Å². The van der Waals surface area contributed by atoms with Gasteiger partial charge in [-0.05, 0) is 42.2 Å². The van der Waals surface area contributed by atoms with Crippen molar-refractivity contribution in [1.29, 1.82) is 0 Å². The number of nitrogens with one attached hydrogen (secondary N) is 1. The van der Waals surface area contributed by atoms with Gasteiger partial charge in [-0.25, -0.2) is 0 Å². The second kappa shape index (κ2) is 7.06. The van der Waals surface area contributed by atoms with E-state index in [0.29, 0.717) is 12.5 Å². The Balaban J connectivity index is 1.99. The zero-order valence-electron chi connectivity index (χ0n) is 11.7. The Morgan fingerprint density at radius 2 is 2.21 bits per heavy atom. The number of amides is 1. The molecule has 0 radical (unpaired) electrons. The van der Waals surface area contributed by atoms with Crippen LogP contribution in [-0.4, -0.2) is 18.5 Å². The fourth-order valence-electron chi connectivity index (χ4n) is 2.95. The fraction of sp³-hybridized carbons (Fsp3) is 0.667. The second-order valence-corrected chi connectivity index (χ2v) is 6.26. The maximum atomic E-state index is 12.3. The summed E-state index contributed by atoms with van der Waals surface area (Å²) in [6, 6.07) is 2.18. The highest BCUT2D eigenvalue weighted by atomic mass is 32.1. The largest absolute Gasteiger partial charge is 0.347 e. The molecule has 106 valence electrons. The van der Waals surface area contributed by atoms with Gasteiger partial charge in [0, 0.05) is 12.6 Å². The summed E-state index contributed by atoms with van der Waals surface area (Å²) >= 11 is 1.53. The molecule has 2 rings (SSSR count). The number of aryl methyl sites for hydroxylation is 1. The summed E-state index contributed by atoms with van der Waals surface area (Å²) in [6.45, 7) is 2.63. The molecular weight excluding hydrogens is 256 g/mol. The van der Waals surface area contributed by atoms with Crippen LogP contribution in [-0.2, 0) is 6.42 Å². The number of carbonyl (C=O) groups is 1. The molecule has 4 heteroatoms. The third-order valence-corrected chi connectivity index (χ3v) is 5.08. The van der Waals surface area contributed by atoms with Crippen molar-refractivity contribution >= 4 is 17.2 Å². The van der Waals surface area contributed by atoms with Crippen LogP contribution in [0.15, 0.2) is 11.4 Å². The Labute approximate surface area is 119 Å². The average Bonchev–Trinajstić information content (AvgIpc) is 2.94. The summed E-state index contributed by atoms with van der Waals surface area (Å²) in [5.74, 6) is 0.626. The van der Waals surface area contributed by atoms with Crippen LogP contribution in [0.5, 0.6) is 0 Å². The fourth-order valence-corrected chi connectivity index (χ4v) is 3.85. The number of rotatable bonds is 5. The summed E-state index contributed by atoms with van der Waals surface area (Å²) in [6.07, 6.45) is 7.18. The monoisotopic (exact) mass is 280 g/mol. The molecule has 1 amide bonds. The van der Waals surface area contributed by atoms with E-state index in [1.54, 1.807) is 0 Å². The summed E-state index contributed by atoms with van der Waals surface area (Å²) in [5.41, 5.74) is 7.01. The molecule has 1 heterocycles. The van der Waals surface area contributed by atoms with Crippen LogP contribution in [0.3, 0.4) is 0 Å². The first-order valence-corrected chi connectivity index (χ1v) is 8.21. The number of thiophene rings is 1. The molecule has 3 nitrogen and oxygen atoms in total. The smallest absolute Gasteiger partial charge is 0.261 e. The lowest BCUT2D eigenvalue weighted by molar-refractivity contribution is 0.0919. The maximum absolute atomic E-state index is 12.3. The van der Waals surface area contributed by atoms with Crippen LogP contribution in [0, 0.1) is 5.92 Å². The number of nitrogens with two attached hydrogens (primary N) is 1. The summed E-state index contributed by atoms with van der Waals surface area (Å²) in [5, 5.41) is 5.15. The minimum absolute atomic E-state index is 0.0628. The first-order valence-electron chi connectivity index (χ1n) is 7.33. The molecule has 3 N–H and O–H groups in total. The van der Waals surface area contributed by atoms with Crippen molar-refractivity contribution in [3.05, 3.63) is 21.9 Å². The first kappa shape index (κ1) is 14.5. The Hall–Kier alpha value is -0.870. The molecule has 1 aliphatic carbocycles. The summed E-state index contributed by atoms with van der Waals surface area (Å²) in [7, 11) is 0. The zero-order chi connectivity index (χ0) is 13.7. The van der Waals surface area contributed by atoms with Gasteiger partial charge in [-0.2, -0.15) is 0 Å². The van der Waals surface area contributed by atoms with Crippen LogP contribution < -0.4 is 11.1 Å². The van der Waals surface area contributed by atoms with Gasteiger partial charge in [-0.1, -0.05) is 26.2 Å². The Kier molecular flexibility index (Phi) is 5.40. The molecule has 0 aliphatic heterocycles. The number of hydrogen-bond acceptors (Lipinski definition) is 3. The van der Waals surface area contributed by atoms with Crippen LogP contribution in [0.1, 0.15) is 54.3 Å². The molecule has 0 spiro atoms. The van der Waals surface area contributed by atoms with Gasteiger partial charge in [0.1, 0.15) is 0 Å². The normalized spacial score (nSPS) is 18.2. The van der Waals surface area contributed by atoms with Crippen molar-refractivity contribution in [2.24, 2.45) is 11.7 Å². The Morgan fingerprint density at radius 1 is 1.47 bits per heavy atom.